The molecule has 2 bridgehead atoms. The van der Waals surface area contributed by atoms with Crippen LogP contribution in [0, 0.1) is 5.92 Å². The lowest BCUT2D eigenvalue weighted by Gasteiger charge is -2.25. The number of amides is 2. The minimum Gasteiger partial charge on any atom is -0.320 e. The number of hydrogen-bond donors (Lipinski definition) is 2. The molecule has 2 unspecified atom stereocenters. The summed E-state index contributed by atoms with van der Waals surface area (Å²) in [7, 11) is 0. The Bertz CT molecular complexity index is 183. The van der Waals surface area contributed by atoms with E-state index in [4.69, 9.17) is 5.84 Å². The van der Waals surface area contributed by atoms with Crippen LogP contribution in [0.5, 0.6) is 0 Å². The number of carbonyl (C=O) groups excluding carboxylic acids is 1. The first-order valence-electron chi connectivity index (χ1n) is 4.08. The molecule has 1 aliphatic carbocycles. The number of hydrogen-bond acceptors (Lipinski definition) is 2. The second-order valence-corrected chi connectivity index (χ2v) is 3.43. The molecule has 2 amide bonds. The van der Waals surface area contributed by atoms with E-state index >= 15 is 0 Å². The number of piperidine rings is 1. The average Bonchev–Trinajstić information content (AvgIpc) is 2.62. The molecule has 0 spiro atoms. The van der Waals surface area contributed by atoms with Gasteiger partial charge in [0.2, 0.25) is 0 Å². The lowest BCUT2D eigenvalue weighted by molar-refractivity contribution is 0.181. The number of hydrazine groups is 1. The number of likely N-dealkylation sites (tertiary alicyclic amines) is 1. The third-order valence-corrected chi connectivity index (χ3v) is 2.79. The number of urea groups is 1. The summed E-state index contributed by atoms with van der Waals surface area (Å²) < 4.78 is 0. The van der Waals surface area contributed by atoms with E-state index < -0.39 is 0 Å². The largest absolute Gasteiger partial charge is 0.331 e. The van der Waals surface area contributed by atoms with Crippen LogP contribution in [0.4, 0.5) is 4.79 Å². The zero-order valence-corrected chi connectivity index (χ0v) is 6.42. The molecule has 2 aliphatic rings. The Morgan fingerprint density at radius 3 is 2.82 bits per heavy atom. The van der Waals surface area contributed by atoms with Crippen molar-refractivity contribution in [3.8, 4) is 0 Å². The first-order chi connectivity index (χ1) is 5.31. The molecule has 2 atom stereocenters. The molecule has 11 heavy (non-hydrogen) atoms. The maximum absolute atomic E-state index is 11.1. The van der Waals surface area contributed by atoms with Gasteiger partial charge >= 0.3 is 6.03 Å². The highest BCUT2D eigenvalue weighted by atomic mass is 16.2. The van der Waals surface area contributed by atoms with Crippen LogP contribution >= 0.6 is 0 Å². The fraction of sp³-hybridized carbons (Fsp3) is 0.857. The van der Waals surface area contributed by atoms with Gasteiger partial charge in [0.25, 0.3) is 0 Å². The van der Waals surface area contributed by atoms with Gasteiger partial charge in [-0.2, -0.15) is 0 Å². The van der Waals surface area contributed by atoms with Gasteiger partial charge in [-0.1, -0.05) is 0 Å². The Kier molecular flexibility index (Phi) is 1.49. The Morgan fingerprint density at radius 1 is 1.55 bits per heavy atom. The number of fused-ring (bicyclic) bond motifs is 2. The van der Waals surface area contributed by atoms with E-state index in [0.29, 0.717) is 6.04 Å². The van der Waals surface area contributed by atoms with Crippen molar-refractivity contribution in [3.05, 3.63) is 0 Å². The van der Waals surface area contributed by atoms with Gasteiger partial charge in [-0.05, 0) is 25.2 Å². The number of nitrogens with one attached hydrogen (secondary N) is 1. The Balaban J connectivity index is 2.02. The smallest absolute Gasteiger partial charge is 0.320 e. The van der Waals surface area contributed by atoms with Crippen LogP contribution in [0.3, 0.4) is 0 Å². The zero-order valence-electron chi connectivity index (χ0n) is 6.42. The summed E-state index contributed by atoms with van der Waals surface area (Å²) in [5.41, 5.74) is 2.18. The molecule has 0 aromatic heterocycles. The monoisotopic (exact) mass is 155 g/mol. The molecule has 0 radical (unpaired) electrons. The quantitative estimate of drug-likeness (QED) is 0.295. The summed E-state index contributed by atoms with van der Waals surface area (Å²) in [6.07, 6.45) is 3.64. The van der Waals surface area contributed by atoms with E-state index in [2.05, 4.69) is 5.43 Å². The summed E-state index contributed by atoms with van der Waals surface area (Å²) in [6, 6.07) is 0.362. The molecular weight excluding hydrogens is 142 g/mol. The van der Waals surface area contributed by atoms with Crippen LogP contribution in [0.15, 0.2) is 0 Å². The number of carbonyl (C=O) groups is 1. The summed E-state index contributed by atoms with van der Waals surface area (Å²) in [5, 5.41) is 0. The minimum absolute atomic E-state index is 0.114. The van der Waals surface area contributed by atoms with Crippen LogP contribution in [-0.2, 0) is 0 Å². The van der Waals surface area contributed by atoms with E-state index in [1.165, 1.54) is 12.8 Å². The van der Waals surface area contributed by atoms with Crippen LogP contribution in [0.2, 0.25) is 0 Å². The fourth-order valence-electron chi connectivity index (χ4n) is 2.26. The molecule has 0 aromatic carbocycles. The molecule has 1 saturated heterocycles. The molecule has 1 heterocycles. The Morgan fingerprint density at radius 2 is 2.36 bits per heavy atom. The number of nitrogens with two attached hydrogens (primary N) is 1. The standard InChI is InChI=1S/C7H13N3O/c8-9-7(11)10-4-5-1-2-6(10)3-5/h5-6H,1-4,8H2,(H,9,11). The Labute approximate surface area is 65.7 Å². The number of nitrogens with zero attached hydrogens (tertiary/aromatic N) is 1. The normalized spacial score (nSPS) is 34.5. The van der Waals surface area contributed by atoms with Crippen LogP contribution < -0.4 is 11.3 Å². The third-order valence-electron chi connectivity index (χ3n) is 2.79. The molecule has 0 aromatic rings. The molecule has 62 valence electrons. The predicted octanol–water partition coefficient (Wildman–Crippen LogP) is 0.0540. The highest BCUT2D eigenvalue weighted by molar-refractivity contribution is 5.74. The second-order valence-electron chi connectivity index (χ2n) is 3.43. The van der Waals surface area contributed by atoms with Gasteiger partial charge in [-0.15, -0.1) is 0 Å². The van der Waals surface area contributed by atoms with Crippen molar-refractivity contribution in [1.29, 1.82) is 0 Å². The van der Waals surface area contributed by atoms with Gasteiger partial charge < -0.3 is 4.90 Å². The number of rotatable bonds is 0. The van der Waals surface area contributed by atoms with Crippen molar-refractivity contribution in [1.82, 2.24) is 10.3 Å². The van der Waals surface area contributed by atoms with E-state index in [0.717, 1.165) is 18.9 Å². The van der Waals surface area contributed by atoms with E-state index in [1.807, 2.05) is 4.90 Å². The van der Waals surface area contributed by atoms with Crippen molar-refractivity contribution >= 4 is 6.03 Å². The van der Waals surface area contributed by atoms with E-state index in [1.54, 1.807) is 0 Å². The van der Waals surface area contributed by atoms with Crippen LogP contribution in [-0.4, -0.2) is 23.5 Å². The van der Waals surface area contributed by atoms with E-state index in [-0.39, 0.29) is 6.03 Å². The van der Waals surface area contributed by atoms with Crippen LogP contribution in [0.1, 0.15) is 19.3 Å². The van der Waals surface area contributed by atoms with Gasteiger partial charge in [-0.3, -0.25) is 5.43 Å². The van der Waals surface area contributed by atoms with Crippen molar-refractivity contribution in [2.24, 2.45) is 11.8 Å². The van der Waals surface area contributed by atoms with Gasteiger partial charge in [0.1, 0.15) is 0 Å². The fourth-order valence-corrected chi connectivity index (χ4v) is 2.26. The molecule has 2 fully saturated rings. The molecule has 2 rings (SSSR count). The van der Waals surface area contributed by atoms with Gasteiger partial charge in [0.15, 0.2) is 0 Å². The van der Waals surface area contributed by atoms with Crippen LogP contribution in [0.25, 0.3) is 0 Å². The first kappa shape index (κ1) is 6.91. The maximum atomic E-state index is 11.1. The van der Waals surface area contributed by atoms with Crippen molar-refractivity contribution in [2.45, 2.75) is 25.3 Å². The van der Waals surface area contributed by atoms with E-state index in [9.17, 15) is 4.79 Å². The molecule has 1 saturated carbocycles. The van der Waals surface area contributed by atoms with Crippen molar-refractivity contribution in [3.63, 3.8) is 0 Å². The summed E-state index contributed by atoms with van der Waals surface area (Å²) >= 11 is 0. The minimum atomic E-state index is -0.114. The predicted molar refractivity (Wildman–Crippen MR) is 40.6 cm³/mol. The van der Waals surface area contributed by atoms with Gasteiger partial charge in [0, 0.05) is 12.6 Å². The molecule has 4 heteroatoms. The Hall–Kier alpha value is -0.770. The summed E-state index contributed by atoms with van der Waals surface area (Å²) in [6.45, 7) is 0.910. The maximum Gasteiger partial charge on any atom is 0.331 e. The highest BCUT2D eigenvalue weighted by Gasteiger charge is 2.39. The second kappa shape index (κ2) is 2.37. The molecule has 3 N–H and O–H groups in total. The molecule has 4 nitrogen and oxygen atoms in total. The third kappa shape index (κ3) is 0.976. The topological polar surface area (TPSA) is 58.4 Å². The zero-order chi connectivity index (χ0) is 7.84. The lowest BCUT2D eigenvalue weighted by atomic mass is 10.1. The first-order valence-corrected chi connectivity index (χ1v) is 4.08. The summed E-state index contributed by atoms with van der Waals surface area (Å²) in [5.74, 6) is 5.79. The molecule has 1 aliphatic heterocycles. The summed E-state index contributed by atoms with van der Waals surface area (Å²) in [4.78, 5) is 12.9. The molecular formula is C7H13N3O. The highest BCUT2D eigenvalue weighted by Crippen LogP contribution is 2.36. The average molecular weight is 155 g/mol. The van der Waals surface area contributed by atoms with Gasteiger partial charge in [-0.25, -0.2) is 10.6 Å². The van der Waals surface area contributed by atoms with Crippen molar-refractivity contribution in [2.75, 3.05) is 6.54 Å². The lowest BCUT2D eigenvalue weighted by Crippen LogP contribution is -2.46. The van der Waals surface area contributed by atoms with Crippen molar-refractivity contribution < 1.29 is 4.79 Å². The van der Waals surface area contributed by atoms with Gasteiger partial charge in [0.05, 0.1) is 0 Å². The SMILES string of the molecule is NNC(=O)N1CC2CCC1C2.